The van der Waals surface area contributed by atoms with E-state index in [1.165, 1.54) is 7.11 Å². The molecule has 20 heavy (non-hydrogen) atoms. The third-order valence-corrected chi connectivity index (χ3v) is 4.49. The largest absolute Gasteiger partial charge is 0.488 e. The van der Waals surface area contributed by atoms with Gasteiger partial charge < -0.3 is 14.8 Å². The van der Waals surface area contributed by atoms with Crippen molar-refractivity contribution in [3.05, 3.63) is 29.8 Å². The number of hydrogen-bond donors (Lipinski definition) is 1. The van der Waals surface area contributed by atoms with Crippen LogP contribution in [0.2, 0.25) is 0 Å². The SMILES string of the molecule is COC(=O)C1CNCC12CC(C)(C)Oc1ccccc12. The monoisotopic (exact) mass is 275 g/mol. The molecule has 0 aromatic heterocycles. The Bertz CT molecular complexity index is 540. The van der Waals surface area contributed by atoms with Crippen molar-refractivity contribution < 1.29 is 14.3 Å². The van der Waals surface area contributed by atoms with E-state index in [2.05, 4.69) is 25.2 Å². The summed E-state index contributed by atoms with van der Waals surface area (Å²) in [5.74, 6) is 0.598. The summed E-state index contributed by atoms with van der Waals surface area (Å²) in [5.41, 5.74) is 0.609. The number of fused-ring (bicyclic) bond motifs is 2. The first-order valence-electron chi connectivity index (χ1n) is 7.06. The molecule has 2 aliphatic rings. The lowest BCUT2D eigenvalue weighted by atomic mass is 9.65. The van der Waals surface area contributed by atoms with Crippen LogP contribution in [-0.2, 0) is 14.9 Å². The van der Waals surface area contributed by atoms with Gasteiger partial charge in [0.05, 0.1) is 13.0 Å². The molecule has 0 aliphatic carbocycles. The average Bonchev–Trinajstić information content (AvgIpc) is 2.80. The van der Waals surface area contributed by atoms with E-state index in [-0.39, 0.29) is 22.9 Å². The van der Waals surface area contributed by atoms with Crippen LogP contribution in [0.15, 0.2) is 24.3 Å². The number of carbonyl (C=O) groups excluding carboxylic acids is 1. The highest BCUT2D eigenvalue weighted by Gasteiger charge is 2.55. The maximum absolute atomic E-state index is 12.2. The highest BCUT2D eigenvalue weighted by Crippen LogP contribution is 2.50. The molecule has 0 bridgehead atoms. The third kappa shape index (κ3) is 1.90. The number of rotatable bonds is 1. The smallest absolute Gasteiger partial charge is 0.310 e. The summed E-state index contributed by atoms with van der Waals surface area (Å²) in [6.45, 7) is 5.61. The maximum atomic E-state index is 12.2. The van der Waals surface area contributed by atoms with Crippen molar-refractivity contribution >= 4 is 5.97 Å². The van der Waals surface area contributed by atoms with Gasteiger partial charge in [-0.15, -0.1) is 0 Å². The van der Waals surface area contributed by atoms with Crippen LogP contribution < -0.4 is 10.1 Å². The molecule has 0 saturated carbocycles. The van der Waals surface area contributed by atoms with Crippen LogP contribution >= 0.6 is 0 Å². The minimum absolute atomic E-state index is 0.137. The molecular weight excluding hydrogens is 254 g/mol. The number of ether oxygens (including phenoxy) is 2. The summed E-state index contributed by atoms with van der Waals surface area (Å²) in [6, 6.07) is 8.05. The molecule has 2 heterocycles. The summed E-state index contributed by atoms with van der Waals surface area (Å²) in [4.78, 5) is 12.2. The molecule has 1 fully saturated rings. The molecule has 4 heteroatoms. The first kappa shape index (κ1) is 13.4. The highest BCUT2D eigenvalue weighted by molar-refractivity contribution is 5.76. The topological polar surface area (TPSA) is 47.6 Å². The quantitative estimate of drug-likeness (QED) is 0.795. The van der Waals surface area contributed by atoms with Crippen LogP contribution in [0, 0.1) is 5.92 Å². The lowest BCUT2D eigenvalue weighted by Gasteiger charge is -2.46. The molecule has 2 atom stereocenters. The Morgan fingerprint density at radius 2 is 2.15 bits per heavy atom. The minimum atomic E-state index is -0.285. The molecule has 2 unspecified atom stereocenters. The first-order chi connectivity index (χ1) is 9.48. The van der Waals surface area contributed by atoms with Gasteiger partial charge in [0.2, 0.25) is 0 Å². The van der Waals surface area contributed by atoms with Crippen molar-refractivity contribution in [2.75, 3.05) is 20.2 Å². The predicted octanol–water partition coefficient (Wildman–Crippen LogP) is 1.88. The number of benzene rings is 1. The lowest BCUT2D eigenvalue weighted by Crippen LogP contribution is -2.50. The third-order valence-electron chi connectivity index (χ3n) is 4.49. The summed E-state index contributed by atoms with van der Waals surface area (Å²) in [6.07, 6.45) is 0.809. The Kier molecular flexibility index (Phi) is 3.01. The molecule has 2 aliphatic heterocycles. The number of methoxy groups -OCH3 is 1. The van der Waals surface area contributed by atoms with Crippen LogP contribution in [0.25, 0.3) is 0 Å². The van der Waals surface area contributed by atoms with E-state index in [1.54, 1.807) is 0 Å². The fraction of sp³-hybridized carbons (Fsp3) is 0.562. The molecule has 1 spiro atoms. The van der Waals surface area contributed by atoms with Gasteiger partial charge in [-0.1, -0.05) is 18.2 Å². The molecule has 0 radical (unpaired) electrons. The Morgan fingerprint density at radius 1 is 1.40 bits per heavy atom. The van der Waals surface area contributed by atoms with Crippen molar-refractivity contribution in [1.29, 1.82) is 0 Å². The molecule has 108 valence electrons. The van der Waals surface area contributed by atoms with Crippen molar-refractivity contribution in [2.45, 2.75) is 31.3 Å². The van der Waals surface area contributed by atoms with Crippen molar-refractivity contribution in [1.82, 2.24) is 5.32 Å². The van der Waals surface area contributed by atoms with Crippen molar-refractivity contribution in [2.24, 2.45) is 5.92 Å². The fourth-order valence-corrected chi connectivity index (χ4v) is 3.83. The van der Waals surface area contributed by atoms with Crippen LogP contribution in [-0.4, -0.2) is 31.8 Å². The van der Waals surface area contributed by atoms with Gasteiger partial charge in [-0.05, 0) is 26.3 Å². The lowest BCUT2D eigenvalue weighted by molar-refractivity contribution is -0.147. The van der Waals surface area contributed by atoms with Crippen molar-refractivity contribution in [3.63, 3.8) is 0 Å². The number of para-hydroxylation sites is 1. The van der Waals surface area contributed by atoms with Gasteiger partial charge in [0.1, 0.15) is 11.4 Å². The van der Waals surface area contributed by atoms with E-state index in [0.717, 1.165) is 24.3 Å². The Hall–Kier alpha value is -1.55. The summed E-state index contributed by atoms with van der Waals surface area (Å²) >= 11 is 0. The van der Waals surface area contributed by atoms with Gasteiger partial charge in [-0.3, -0.25) is 4.79 Å². The van der Waals surface area contributed by atoms with Crippen LogP contribution in [0.3, 0.4) is 0 Å². The number of carbonyl (C=O) groups is 1. The minimum Gasteiger partial charge on any atom is -0.488 e. The Labute approximate surface area is 119 Å². The van der Waals surface area contributed by atoms with E-state index in [9.17, 15) is 4.79 Å². The molecule has 1 aromatic rings. The zero-order chi connectivity index (χ0) is 14.4. The van der Waals surface area contributed by atoms with Gasteiger partial charge in [-0.2, -0.15) is 0 Å². The van der Waals surface area contributed by atoms with E-state index in [1.807, 2.05) is 18.2 Å². The van der Waals surface area contributed by atoms with E-state index in [0.29, 0.717) is 6.54 Å². The Morgan fingerprint density at radius 3 is 2.90 bits per heavy atom. The van der Waals surface area contributed by atoms with Gasteiger partial charge in [-0.25, -0.2) is 0 Å². The standard InChI is InChI=1S/C16H21NO3/c1-15(2)9-16(10-17-8-12(16)14(18)19-3)11-6-4-5-7-13(11)20-15/h4-7,12,17H,8-10H2,1-3H3. The summed E-state index contributed by atoms with van der Waals surface area (Å²) in [7, 11) is 1.46. The summed E-state index contributed by atoms with van der Waals surface area (Å²) < 4.78 is 11.1. The second-order valence-corrected chi connectivity index (χ2v) is 6.40. The zero-order valence-electron chi connectivity index (χ0n) is 12.2. The first-order valence-corrected chi connectivity index (χ1v) is 7.06. The molecular formula is C16H21NO3. The molecule has 1 aromatic carbocycles. The zero-order valence-corrected chi connectivity index (χ0v) is 12.2. The molecule has 4 nitrogen and oxygen atoms in total. The number of nitrogens with one attached hydrogen (secondary N) is 1. The molecule has 1 N–H and O–H groups in total. The summed E-state index contributed by atoms with van der Waals surface area (Å²) in [5, 5.41) is 3.37. The highest BCUT2D eigenvalue weighted by atomic mass is 16.5. The number of hydrogen-bond acceptors (Lipinski definition) is 4. The molecule has 3 rings (SSSR count). The van der Waals surface area contributed by atoms with Gasteiger partial charge in [0.15, 0.2) is 0 Å². The second-order valence-electron chi connectivity index (χ2n) is 6.40. The second kappa shape index (κ2) is 4.48. The van der Waals surface area contributed by atoms with Crippen molar-refractivity contribution in [3.8, 4) is 5.75 Å². The van der Waals surface area contributed by atoms with Gasteiger partial charge in [0.25, 0.3) is 0 Å². The number of esters is 1. The van der Waals surface area contributed by atoms with Crippen LogP contribution in [0.4, 0.5) is 0 Å². The van der Waals surface area contributed by atoms with Gasteiger partial charge in [0, 0.05) is 24.1 Å². The van der Waals surface area contributed by atoms with Gasteiger partial charge >= 0.3 is 5.97 Å². The fourth-order valence-electron chi connectivity index (χ4n) is 3.83. The maximum Gasteiger partial charge on any atom is 0.310 e. The van der Waals surface area contributed by atoms with E-state index < -0.39 is 0 Å². The van der Waals surface area contributed by atoms with Crippen LogP contribution in [0.1, 0.15) is 25.8 Å². The van der Waals surface area contributed by atoms with E-state index >= 15 is 0 Å². The molecule has 1 saturated heterocycles. The predicted molar refractivity (Wildman–Crippen MR) is 75.8 cm³/mol. The van der Waals surface area contributed by atoms with E-state index in [4.69, 9.17) is 9.47 Å². The normalized spacial score (nSPS) is 30.6. The molecule has 0 amide bonds. The average molecular weight is 275 g/mol. The Balaban J connectivity index is 2.14. The van der Waals surface area contributed by atoms with Crippen LogP contribution in [0.5, 0.6) is 5.75 Å².